The van der Waals surface area contributed by atoms with E-state index in [1.54, 1.807) is 13.0 Å². The number of piperidine rings is 1. The van der Waals surface area contributed by atoms with E-state index < -0.39 is 11.7 Å². The molecule has 1 aromatic rings. The summed E-state index contributed by atoms with van der Waals surface area (Å²) in [6.07, 6.45) is 5.47. The van der Waals surface area contributed by atoms with Gasteiger partial charge in [-0.2, -0.15) is 5.26 Å². The van der Waals surface area contributed by atoms with Crippen molar-refractivity contribution >= 4 is 5.78 Å². The van der Waals surface area contributed by atoms with Crippen molar-refractivity contribution in [3.8, 4) is 6.07 Å². The largest absolute Gasteiger partial charge is 0.492 e. The second-order valence-corrected chi connectivity index (χ2v) is 6.79. The molecule has 0 saturated carbocycles. The molecule has 2 atom stereocenters. The van der Waals surface area contributed by atoms with Crippen LogP contribution in [-0.4, -0.2) is 29.8 Å². The first-order chi connectivity index (χ1) is 12.5. The average Bonchev–Trinajstić information content (AvgIpc) is 2.63. The van der Waals surface area contributed by atoms with Crippen LogP contribution in [-0.2, 0) is 16.1 Å². The number of nitriles is 1. The Morgan fingerprint density at radius 2 is 2.23 bits per heavy atom. The van der Waals surface area contributed by atoms with Crippen molar-refractivity contribution in [1.29, 1.82) is 5.26 Å². The monoisotopic (exact) mass is 355 g/mol. The molecule has 3 rings (SSSR count). The molecule has 1 fully saturated rings. The third-order valence-corrected chi connectivity index (χ3v) is 4.84. The summed E-state index contributed by atoms with van der Waals surface area (Å²) in [4.78, 5) is 14.5. The van der Waals surface area contributed by atoms with Gasteiger partial charge in [-0.15, -0.1) is 0 Å². The molecule has 5 nitrogen and oxygen atoms in total. The Hall–Kier alpha value is -2.65. The van der Waals surface area contributed by atoms with E-state index >= 15 is 0 Å². The minimum atomic E-state index is -0.424. The van der Waals surface area contributed by atoms with Crippen molar-refractivity contribution in [3.05, 3.63) is 58.8 Å². The molecule has 26 heavy (non-hydrogen) atoms. The second kappa shape index (κ2) is 7.71. The highest BCUT2D eigenvalue weighted by Gasteiger charge is 2.27. The first-order valence-corrected chi connectivity index (χ1v) is 8.77. The number of rotatable bonds is 4. The predicted octanol–water partition coefficient (Wildman–Crippen LogP) is 2.62. The number of carbonyl (C=O) groups excluding carboxylic acids is 1. The zero-order valence-corrected chi connectivity index (χ0v) is 14.7. The maximum atomic E-state index is 13.5. The van der Waals surface area contributed by atoms with Gasteiger partial charge in [-0.1, -0.05) is 0 Å². The van der Waals surface area contributed by atoms with Gasteiger partial charge in [-0.05, 0) is 38.0 Å². The van der Waals surface area contributed by atoms with Crippen LogP contribution in [0.4, 0.5) is 4.39 Å². The molecule has 0 spiro atoms. The van der Waals surface area contributed by atoms with E-state index in [2.05, 4.69) is 4.90 Å². The summed E-state index contributed by atoms with van der Waals surface area (Å²) < 4.78 is 19.3. The van der Waals surface area contributed by atoms with Gasteiger partial charge in [-0.25, -0.2) is 4.39 Å². The van der Waals surface area contributed by atoms with Crippen LogP contribution in [0.15, 0.2) is 41.8 Å². The van der Waals surface area contributed by atoms with Crippen molar-refractivity contribution in [2.24, 2.45) is 11.7 Å². The molecule has 1 aliphatic heterocycles. The van der Waals surface area contributed by atoms with Crippen LogP contribution < -0.4 is 5.73 Å². The number of allylic oxidation sites excluding steroid dienone is 3. The van der Waals surface area contributed by atoms with Crippen LogP contribution in [0.3, 0.4) is 0 Å². The van der Waals surface area contributed by atoms with Crippen molar-refractivity contribution in [1.82, 2.24) is 4.90 Å². The number of benzene rings is 1. The Kier molecular flexibility index (Phi) is 5.38. The standard InChI is InChI=1S/C20H22FN3O2/c1-13-19(25)8-18(24-6-2-3-17(23)11-24)9-20(13)26-12-15-7-16(21)5-4-14(15)10-22/h4-5,7-9,13,17H,2-3,6,11-12,23H2,1H3/t13?,17-/m1/s1. The number of nitrogens with two attached hydrogens (primary N) is 1. The SMILES string of the molecule is CC1C(=O)C=C(N2CCC[C@@H](N)C2)C=C1OCc1cc(F)ccc1C#N. The van der Waals surface area contributed by atoms with E-state index in [1.807, 2.05) is 12.1 Å². The van der Waals surface area contributed by atoms with Gasteiger partial charge in [0.1, 0.15) is 18.2 Å². The molecule has 1 aromatic carbocycles. The number of carbonyl (C=O) groups is 1. The molecule has 0 aromatic heterocycles. The van der Waals surface area contributed by atoms with Crippen LogP contribution >= 0.6 is 0 Å². The van der Waals surface area contributed by atoms with Crippen molar-refractivity contribution < 1.29 is 13.9 Å². The summed E-state index contributed by atoms with van der Waals surface area (Å²) in [5.41, 5.74) is 7.66. The first-order valence-electron chi connectivity index (χ1n) is 8.77. The van der Waals surface area contributed by atoms with Gasteiger partial charge in [0.2, 0.25) is 0 Å². The van der Waals surface area contributed by atoms with E-state index in [0.717, 1.165) is 25.1 Å². The fourth-order valence-electron chi connectivity index (χ4n) is 3.27. The van der Waals surface area contributed by atoms with E-state index in [4.69, 9.17) is 15.7 Å². The van der Waals surface area contributed by atoms with Gasteiger partial charge >= 0.3 is 0 Å². The second-order valence-electron chi connectivity index (χ2n) is 6.79. The summed E-state index contributed by atoms with van der Waals surface area (Å²) in [6, 6.07) is 6.09. The quantitative estimate of drug-likeness (QED) is 0.898. The number of ketones is 1. The summed E-state index contributed by atoms with van der Waals surface area (Å²) in [5.74, 6) is -0.334. The smallest absolute Gasteiger partial charge is 0.168 e. The van der Waals surface area contributed by atoms with Crippen LogP contribution in [0.25, 0.3) is 0 Å². The van der Waals surface area contributed by atoms with Crippen molar-refractivity contribution in [2.75, 3.05) is 13.1 Å². The molecule has 2 N–H and O–H groups in total. The number of halogens is 1. The summed E-state index contributed by atoms with van der Waals surface area (Å²) >= 11 is 0. The first kappa shape index (κ1) is 18.2. The van der Waals surface area contributed by atoms with Crippen LogP contribution in [0.5, 0.6) is 0 Å². The van der Waals surface area contributed by atoms with E-state index in [0.29, 0.717) is 23.4 Å². The Morgan fingerprint density at radius 3 is 2.96 bits per heavy atom. The zero-order valence-electron chi connectivity index (χ0n) is 14.7. The van der Waals surface area contributed by atoms with Crippen LogP contribution in [0.2, 0.25) is 0 Å². The number of nitrogens with zero attached hydrogens (tertiary/aromatic N) is 2. The maximum Gasteiger partial charge on any atom is 0.168 e. The van der Waals surface area contributed by atoms with Gasteiger partial charge in [0.25, 0.3) is 0 Å². The maximum absolute atomic E-state index is 13.5. The van der Waals surface area contributed by atoms with Gasteiger partial charge in [0, 0.05) is 42.5 Å². The molecule has 1 unspecified atom stereocenters. The molecule has 1 aliphatic carbocycles. The highest BCUT2D eigenvalue weighted by Crippen LogP contribution is 2.27. The van der Waals surface area contributed by atoms with Gasteiger partial charge in [0.15, 0.2) is 5.78 Å². The number of hydrogen-bond acceptors (Lipinski definition) is 5. The van der Waals surface area contributed by atoms with Gasteiger partial charge in [-0.3, -0.25) is 4.79 Å². The highest BCUT2D eigenvalue weighted by molar-refractivity contribution is 5.95. The molecular weight excluding hydrogens is 333 g/mol. The lowest BCUT2D eigenvalue weighted by Crippen LogP contribution is -2.42. The van der Waals surface area contributed by atoms with Gasteiger partial charge < -0.3 is 15.4 Å². The number of likely N-dealkylation sites (tertiary alicyclic amines) is 1. The molecule has 6 heteroatoms. The zero-order chi connectivity index (χ0) is 18.7. The number of hydrogen-bond donors (Lipinski definition) is 1. The van der Waals surface area contributed by atoms with Crippen LogP contribution in [0.1, 0.15) is 30.9 Å². The van der Waals surface area contributed by atoms with E-state index in [-0.39, 0.29) is 18.4 Å². The third-order valence-electron chi connectivity index (χ3n) is 4.84. The molecule has 1 saturated heterocycles. The average molecular weight is 355 g/mol. The number of ether oxygens (including phenoxy) is 1. The van der Waals surface area contributed by atoms with E-state index in [9.17, 15) is 9.18 Å². The predicted molar refractivity (Wildman–Crippen MR) is 95.0 cm³/mol. The summed E-state index contributed by atoms with van der Waals surface area (Å²) in [7, 11) is 0. The lowest BCUT2D eigenvalue weighted by molar-refractivity contribution is -0.118. The molecule has 0 amide bonds. The Labute approximate surface area is 152 Å². The fourth-order valence-corrected chi connectivity index (χ4v) is 3.27. The van der Waals surface area contributed by atoms with Crippen LogP contribution in [0, 0.1) is 23.1 Å². The lowest BCUT2D eigenvalue weighted by atomic mass is 9.95. The van der Waals surface area contributed by atoms with E-state index in [1.165, 1.54) is 18.2 Å². The normalized spacial score (nSPS) is 23.2. The fraction of sp³-hybridized carbons (Fsp3) is 0.400. The molecule has 0 radical (unpaired) electrons. The minimum Gasteiger partial charge on any atom is -0.492 e. The minimum absolute atomic E-state index is 0.0311. The third kappa shape index (κ3) is 3.94. The Bertz CT molecular complexity index is 810. The molecule has 2 aliphatic rings. The topological polar surface area (TPSA) is 79.3 Å². The highest BCUT2D eigenvalue weighted by atomic mass is 19.1. The molecule has 0 bridgehead atoms. The molecule has 1 heterocycles. The van der Waals surface area contributed by atoms with Crippen molar-refractivity contribution in [2.45, 2.75) is 32.4 Å². The van der Waals surface area contributed by atoms with Crippen molar-refractivity contribution in [3.63, 3.8) is 0 Å². The molecular formula is C20H22FN3O2. The lowest BCUT2D eigenvalue weighted by Gasteiger charge is -2.35. The summed E-state index contributed by atoms with van der Waals surface area (Å²) in [6.45, 7) is 3.38. The van der Waals surface area contributed by atoms with Gasteiger partial charge in [0.05, 0.1) is 17.6 Å². The Balaban J connectivity index is 1.78. The summed E-state index contributed by atoms with van der Waals surface area (Å²) in [5, 5.41) is 9.15. The molecule has 136 valence electrons. The Morgan fingerprint density at radius 1 is 1.42 bits per heavy atom.